The highest BCUT2D eigenvalue weighted by Crippen LogP contribution is 2.30. The molecular formula is C14H18N4O. The zero-order chi connectivity index (χ0) is 13.2. The summed E-state index contributed by atoms with van der Waals surface area (Å²) >= 11 is 0. The summed E-state index contributed by atoms with van der Waals surface area (Å²) in [4.78, 5) is 4.14. The fraction of sp³-hybridized carbons (Fsp3) is 0.429. The molecule has 100 valence electrons. The molecule has 19 heavy (non-hydrogen) atoms. The van der Waals surface area contributed by atoms with Crippen LogP contribution >= 0.6 is 0 Å². The first-order valence-corrected chi connectivity index (χ1v) is 6.58. The monoisotopic (exact) mass is 258 g/mol. The van der Waals surface area contributed by atoms with Gasteiger partial charge in [0, 0.05) is 13.1 Å². The fourth-order valence-electron chi connectivity index (χ4n) is 2.50. The van der Waals surface area contributed by atoms with E-state index in [2.05, 4.69) is 22.2 Å². The molecule has 0 saturated carbocycles. The fourth-order valence-corrected chi connectivity index (χ4v) is 2.50. The smallest absolute Gasteiger partial charge is 0.164 e. The van der Waals surface area contributed by atoms with Gasteiger partial charge in [0.15, 0.2) is 5.82 Å². The topological polar surface area (TPSA) is 66.0 Å². The minimum atomic E-state index is 0.141. The predicted molar refractivity (Wildman–Crippen MR) is 71.6 cm³/mol. The number of aromatic nitrogens is 3. The lowest BCUT2D eigenvalue weighted by atomic mass is 9.88. The molecule has 1 aromatic heterocycles. The summed E-state index contributed by atoms with van der Waals surface area (Å²) in [5.41, 5.74) is 8.72. The van der Waals surface area contributed by atoms with Gasteiger partial charge < -0.3 is 10.5 Å². The van der Waals surface area contributed by atoms with Gasteiger partial charge in [-0.1, -0.05) is 6.07 Å². The third-order valence-corrected chi connectivity index (χ3v) is 3.65. The lowest BCUT2D eigenvalue weighted by Gasteiger charge is -2.22. The highest BCUT2D eigenvalue weighted by Gasteiger charge is 2.17. The van der Waals surface area contributed by atoms with E-state index in [1.54, 1.807) is 4.68 Å². The zero-order valence-electron chi connectivity index (χ0n) is 11.0. The van der Waals surface area contributed by atoms with E-state index >= 15 is 0 Å². The van der Waals surface area contributed by atoms with Crippen LogP contribution in [-0.2, 0) is 20.1 Å². The molecule has 1 unspecified atom stereocenters. The molecule has 0 aliphatic heterocycles. The van der Waals surface area contributed by atoms with Crippen LogP contribution in [0, 0.1) is 0 Å². The molecule has 0 saturated heterocycles. The summed E-state index contributed by atoms with van der Waals surface area (Å²) in [6, 6.07) is 6.34. The van der Waals surface area contributed by atoms with Gasteiger partial charge in [-0.05, 0) is 42.5 Å². The van der Waals surface area contributed by atoms with Crippen molar-refractivity contribution in [3.8, 4) is 5.75 Å². The van der Waals surface area contributed by atoms with Crippen LogP contribution in [0.1, 0.15) is 35.8 Å². The first-order valence-electron chi connectivity index (χ1n) is 6.58. The van der Waals surface area contributed by atoms with Crippen molar-refractivity contribution in [1.82, 2.24) is 14.8 Å². The van der Waals surface area contributed by atoms with Gasteiger partial charge >= 0.3 is 0 Å². The molecule has 0 radical (unpaired) electrons. The molecule has 1 heterocycles. The average molecular weight is 258 g/mol. The average Bonchev–Trinajstić information content (AvgIpc) is 2.83. The summed E-state index contributed by atoms with van der Waals surface area (Å²) in [5, 5.41) is 4.02. The molecule has 2 N–H and O–H groups in total. The molecule has 1 aliphatic carbocycles. The van der Waals surface area contributed by atoms with Crippen LogP contribution in [0.4, 0.5) is 0 Å². The molecule has 3 rings (SSSR count). The second kappa shape index (κ2) is 5.01. The standard InChI is InChI=1S/C14H18N4O/c1-18-14(16-9-17-18)8-19-11-6-5-10-3-2-4-13(15)12(10)7-11/h5-7,9,13H,2-4,8,15H2,1H3. The van der Waals surface area contributed by atoms with Crippen molar-refractivity contribution in [2.45, 2.75) is 31.9 Å². The maximum absolute atomic E-state index is 6.15. The summed E-state index contributed by atoms with van der Waals surface area (Å²) in [7, 11) is 1.86. The van der Waals surface area contributed by atoms with Crippen molar-refractivity contribution >= 4 is 0 Å². The number of rotatable bonds is 3. The largest absolute Gasteiger partial charge is 0.486 e. The minimum Gasteiger partial charge on any atom is -0.486 e. The quantitative estimate of drug-likeness (QED) is 0.910. The van der Waals surface area contributed by atoms with E-state index < -0.39 is 0 Å². The Morgan fingerprint density at radius 3 is 3.16 bits per heavy atom. The van der Waals surface area contributed by atoms with Crippen LogP contribution in [-0.4, -0.2) is 14.8 Å². The second-order valence-electron chi connectivity index (χ2n) is 4.95. The Morgan fingerprint density at radius 1 is 1.47 bits per heavy atom. The van der Waals surface area contributed by atoms with Crippen molar-refractivity contribution in [3.63, 3.8) is 0 Å². The van der Waals surface area contributed by atoms with Crippen LogP contribution in [0.5, 0.6) is 5.75 Å². The first kappa shape index (κ1) is 12.2. The number of hydrogen-bond acceptors (Lipinski definition) is 4. The number of aryl methyl sites for hydroxylation is 2. The van der Waals surface area contributed by atoms with Gasteiger partial charge in [0.1, 0.15) is 18.7 Å². The van der Waals surface area contributed by atoms with Crippen LogP contribution in [0.2, 0.25) is 0 Å². The maximum atomic E-state index is 6.15. The van der Waals surface area contributed by atoms with Crippen molar-refractivity contribution in [1.29, 1.82) is 0 Å². The van der Waals surface area contributed by atoms with Crippen LogP contribution in [0.15, 0.2) is 24.5 Å². The molecular weight excluding hydrogens is 240 g/mol. The Bertz CT molecular complexity index is 579. The molecule has 0 fully saturated rings. The third kappa shape index (κ3) is 2.46. The lowest BCUT2D eigenvalue weighted by Crippen LogP contribution is -2.17. The second-order valence-corrected chi connectivity index (χ2v) is 4.95. The van der Waals surface area contributed by atoms with Gasteiger partial charge in [0.2, 0.25) is 0 Å². The first-order chi connectivity index (χ1) is 9.24. The maximum Gasteiger partial charge on any atom is 0.164 e. The number of hydrogen-bond donors (Lipinski definition) is 1. The summed E-state index contributed by atoms with van der Waals surface area (Å²) in [6.45, 7) is 0.421. The zero-order valence-corrected chi connectivity index (χ0v) is 11.0. The molecule has 0 bridgehead atoms. The number of nitrogens with two attached hydrogens (primary N) is 1. The van der Waals surface area contributed by atoms with Gasteiger partial charge in [-0.25, -0.2) is 4.98 Å². The third-order valence-electron chi connectivity index (χ3n) is 3.65. The van der Waals surface area contributed by atoms with Crippen molar-refractivity contribution in [3.05, 3.63) is 41.5 Å². The van der Waals surface area contributed by atoms with E-state index in [0.29, 0.717) is 6.61 Å². The molecule has 2 aromatic rings. The van der Waals surface area contributed by atoms with Gasteiger partial charge in [-0.15, -0.1) is 0 Å². The Kier molecular flexibility index (Phi) is 3.21. The van der Waals surface area contributed by atoms with Crippen molar-refractivity contribution in [2.24, 2.45) is 12.8 Å². The molecule has 5 heteroatoms. The van der Waals surface area contributed by atoms with Gasteiger partial charge in [0.25, 0.3) is 0 Å². The highest BCUT2D eigenvalue weighted by molar-refractivity contribution is 5.39. The summed E-state index contributed by atoms with van der Waals surface area (Å²) < 4.78 is 7.48. The van der Waals surface area contributed by atoms with Crippen LogP contribution in [0.25, 0.3) is 0 Å². The van der Waals surface area contributed by atoms with Gasteiger partial charge in [0.05, 0.1) is 0 Å². The Morgan fingerprint density at radius 2 is 2.37 bits per heavy atom. The number of benzene rings is 1. The molecule has 1 atom stereocenters. The lowest BCUT2D eigenvalue weighted by molar-refractivity contribution is 0.289. The van der Waals surface area contributed by atoms with E-state index in [1.807, 2.05) is 13.1 Å². The minimum absolute atomic E-state index is 0.141. The van der Waals surface area contributed by atoms with Gasteiger partial charge in [-0.3, -0.25) is 4.68 Å². The predicted octanol–water partition coefficient (Wildman–Crippen LogP) is 1.73. The number of fused-ring (bicyclic) bond motifs is 1. The Hall–Kier alpha value is -1.88. The molecule has 0 amide bonds. The van der Waals surface area contributed by atoms with Crippen molar-refractivity contribution in [2.75, 3.05) is 0 Å². The Balaban J connectivity index is 1.75. The van der Waals surface area contributed by atoms with E-state index in [4.69, 9.17) is 10.5 Å². The van der Waals surface area contributed by atoms with Crippen LogP contribution < -0.4 is 10.5 Å². The summed E-state index contributed by atoms with van der Waals surface area (Å²) in [5.74, 6) is 1.65. The molecule has 1 aromatic carbocycles. The Labute approximate surface area is 112 Å². The molecule has 0 spiro atoms. The number of ether oxygens (including phenoxy) is 1. The summed E-state index contributed by atoms with van der Waals surface area (Å²) in [6.07, 6.45) is 4.88. The van der Waals surface area contributed by atoms with Crippen LogP contribution in [0.3, 0.4) is 0 Å². The van der Waals surface area contributed by atoms with Gasteiger partial charge in [-0.2, -0.15) is 5.10 Å². The van der Waals surface area contributed by atoms with E-state index in [1.165, 1.54) is 23.9 Å². The normalized spacial score (nSPS) is 18.1. The van der Waals surface area contributed by atoms with E-state index in [-0.39, 0.29) is 6.04 Å². The van der Waals surface area contributed by atoms with E-state index in [0.717, 1.165) is 24.4 Å². The molecule has 5 nitrogen and oxygen atoms in total. The highest BCUT2D eigenvalue weighted by atomic mass is 16.5. The number of nitrogens with zero attached hydrogens (tertiary/aromatic N) is 3. The SMILES string of the molecule is Cn1ncnc1COc1ccc2c(c1)C(N)CCC2. The molecule has 1 aliphatic rings. The van der Waals surface area contributed by atoms with E-state index in [9.17, 15) is 0 Å². The van der Waals surface area contributed by atoms with Crippen molar-refractivity contribution < 1.29 is 4.74 Å².